The van der Waals surface area contributed by atoms with Gasteiger partial charge in [0.15, 0.2) is 0 Å². The second-order valence-corrected chi connectivity index (χ2v) is 5.75. The van der Waals surface area contributed by atoms with Crippen LogP contribution in [0, 0.1) is 0 Å². The molecule has 0 fully saturated rings. The number of pyridine rings is 1. The Hall–Kier alpha value is -1.71. The molecule has 0 aliphatic carbocycles. The van der Waals surface area contributed by atoms with Crippen molar-refractivity contribution in [3.63, 3.8) is 0 Å². The minimum Gasteiger partial charge on any atom is -0.356 e. The zero-order valence-electron chi connectivity index (χ0n) is 11.2. The molecule has 0 aliphatic heterocycles. The summed E-state index contributed by atoms with van der Waals surface area (Å²) < 4.78 is 26.4. The lowest BCUT2D eigenvalue weighted by Crippen LogP contribution is -2.31. The highest BCUT2D eigenvalue weighted by Gasteiger charge is 2.18. The second-order valence-electron chi connectivity index (χ2n) is 4.01. The Kier molecular flexibility index (Phi) is 6.36. The number of nitrogens with two attached hydrogens (primary N) is 1. The summed E-state index contributed by atoms with van der Waals surface area (Å²) in [6, 6.07) is 1.45. The lowest BCUT2D eigenvalue weighted by molar-refractivity contribution is -0.120. The minimum atomic E-state index is -3.75. The number of sulfonamides is 1. The Morgan fingerprint density at radius 1 is 1.40 bits per heavy atom. The standard InChI is InChI=1S/C11H19N5O3S/c1-2-5-14-11(17)4-7-15-20(18,19)10-8-13-6-3-9(10)16-12/h3,6,8,15H,2,4-5,7,12H2,1H3,(H,13,16)(H,14,17). The van der Waals surface area contributed by atoms with Crippen LogP contribution in [0.3, 0.4) is 0 Å². The molecule has 0 saturated heterocycles. The number of hydrazine groups is 1. The van der Waals surface area contributed by atoms with Gasteiger partial charge in [-0.25, -0.2) is 13.1 Å². The highest BCUT2D eigenvalue weighted by molar-refractivity contribution is 7.89. The van der Waals surface area contributed by atoms with Gasteiger partial charge in [0.2, 0.25) is 15.9 Å². The summed E-state index contributed by atoms with van der Waals surface area (Å²) in [6.45, 7) is 2.53. The molecule has 0 spiro atoms. The first-order valence-electron chi connectivity index (χ1n) is 6.18. The minimum absolute atomic E-state index is 0.0107. The molecule has 0 saturated carbocycles. The van der Waals surface area contributed by atoms with Gasteiger partial charge >= 0.3 is 0 Å². The number of hydrogen-bond acceptors (Lipinski definition) is 6. The molecule has 112 valence electrons. The van der Waals surface area contributed by atoms with E-state index in [1.807, 2.05) is 6.92 Å². The SMILES string of the molecule is CCCNC(=O)CCNS(=O)(=O)c1cnccc1NN. The molecule has 5 N–H and O–H groups in total. The molecular formula is C11H19N5O3S. The van der Waals surface area contributed by atoms with E-state index in [1.165, 1.54) is 18.5 Å². The van der Waals surface area contributed by atoms with Crippen molar-refractivity contribution in [3.8, 4) is 0 Å². The molecular weight excluding hydrogens is 282 g/mol. The highest BCUT2D eigenvalue weighted by atomic mass is 32.2. The van der Waals surface area contributed by atoms with Gasteiger partial charge < -0.3 is 10.7 Å². The number of anilines is 1. The Morgan fingerprint density at radius 3 is 2.80 bits per heavy atom. The monoisotopic (exact) mass is 301 g/mol. The summed E-state index contributed by atoms with van der Waals surface area (Å²) in [5, 5.41) is 2.66. The van der Waals surface area contributed by atoms with Gasteiger partial charge in [-0.1, -0.05) is 6.92 Å². The Labute approximate surface area is 118 Å². The maximum Gasteiger partial charge on any atom is 0.244 e. The van der Waals surface area contributed by atoms with Crippen LogP contribution in [0.5, 0.6) is 0 Å². The summed E-state index contributed by atoms with van der Waals surface area (Å²) in [6.07, 6.45) is 3.52. The van der Waals surface area contributed by atoms with Crippen molar-refractivity contribution in [2.24, 2.45) is 5.84 Å². The molecule has 0 bridgehead atoms. The van der Waals surface area contributed by atoms with E-state index in [0.29, 0.717) is 6.54 Å². The van der Waals surface area contributed by atoms with E-state index < -0.39 is 10.0 Å². The van der Waals surface area contributed by atoms with E-state index in [9.17, 15) is 13.2 Å². The normalized spacial score (nSPS) is 11.1. The van der Waals surface area contributed by atoms with Crippen molar-refractivity contribution < 1.29 is 13.2 Å². The third kappa shape index (κ3) is 4.76. The fourth-order valence-corrected chi connectivity index (χ4v) is 2.59. The first-order valence-corrected chi connectivity index (χ1v) is 7.66. The predicted octanol–water partition coefficient (Wildman–Crippen LogP) is -0.438. The topological polar surface area (TPSA) is 126 Å². The van der Waals surface area contributed by atoms with Crippen LogP contribution in [-0.2, 0) is 14.8 Å². The Balaban J connectivity index is 2.60. The molecule has 9 heteroatoms. The lowest BCUT2D eigenvalue weighted by Gasteiger charge is -2.10. The average Bonchev–Trinajstić information content (AvgIpc) is 2.44. The summed E-state index contributed by atoms with van der Waals surface area (Å²) in [5.74, 6) is 5.05. The van der Waals surface area contributed by atoms with Gasteiger partial charge in [0, 0.05) is 31.9 Å². The van der Waals surface area contributed by atoms with Gasteiger partial charge in [-0.15, -0.1) is 0 Å². The number of carbonyl (C=O) groups excluding carboxylic acids is 1. The fraction of sp³-hybridized carbons (Fsp3) is 0.455. The summed E-state index contributed by atoms with van der Waals surface area (Å²) in [4.78, 5) is 15.0. The first-order chi connectivity index (χ1) is 9.51. The van der Waals surface area contributed by atoms with E-state index >= 15 is 0 Å². The smallest absolute Gasteiger partial charge is 0.244 e. The molecule has 1 aromatic heterocycles. The molecule has 0 radical (unpaired) electrons. The van der Waals surface area contributed by atoms with Gasteiger partial charge in [0.05, 0.1) is 5.69 Å². The zero-order valence-corrected chi connectivity index (χ0v) is 12.0. The fourth-order valence-electron chi connectivity index (χ4n) is 1.44. The van der Waals surface area contributed by atoms with Gasteiger partial charge in [0.1, 0.15) is 4.90 Å². The molecule has 1 heterocycles. The largest absolute Gasteiger partial charge is 0.356 e. The van der Waals surface area contributed by atoms with E-state index in [-0.39, 0.29) is 29.5 Å². The maximum absolute atomic E-state index is 12.0. The molecule has 20 heavy (non-hydrogen) atoms. The third-order valence-electron chi connectivity index (χ3n) is 2.45. The van der Waals surface area contributed by atoms with Crippen LogP contribution >= 0.6 is 0 Å². The van der Waals surface area contributed by atoms with Crippen LogP contribution in [0.15, 0.2) is 23.4 Å². The zero-order chi connectivity index (χ0) is 15.0. The third-order valence-corrected chi connectivity index (χ3v) is 3.93. The van der Waals surface area contributed by atoms with E-state index in [1.54, 1.807) is 0 Å². The lowest BCUT2D eigenvalue weighted by atomic mass is 10.4. The maximum atomic E-state index is 12.0. The number of rotatable bonds is 8. The van der Waals surface area contributed by atoms with Crippen molar-refractivity contribution in [1.82, 2.24) is 15.0 Å². The highest BCUT2D eigenvalue weighted by Crippen LogP contribution is 2.17. The molecule has 0 aromatic carbocycles. The molecule has 1 aromatic rings. The molecule has 1 rings (SSSR count). The van der Waals surface area contributed by atoms with E-state index in [0.717, 1.165) is 6.42 Å². The molecule has 1 amide bonds. The summed E-state index contributed by atoms with van der Waals surface area (Å²) in [7, 11) is -3.75. The predicted molar refractivity (Wildman–Crippen MR) is 75.2 cm³/mol. The van der Waals surface area contributed by atoms with Crippen LogP contribution in [0.1, 0.15) is 19.8 Å². The number of aromatic nitrogens is 1. The van der Waals surface area contributed by atoms with Gasteiger partial charge in [-0.2, -0.15) is 0 Å². The first kappa shape index (κ1) is 16.3. The number of nitrogens with zero attached hydrogens (tertiary/aromatic N) is 1. The van der Waals surface area contributed by atoms with Crippen LogP contribution in [0.2, 0.25) is 0 Å². The van der Waals surface area contributed by atoms with Crippen molar-refractivity contribution in [2.45, 2.75) is 24.7 Å². The van der Waals surface area contributed by atoms with E-state index in [4.69, 9.17) is 5.84 Å². The summed E-state index contributed by atoms with van der Waals surface area (Å²) >= 11 is 0. The van der Waals surface area contributed by atoms with Gasteiger partial charge in [-0.05, 0) is 12.5 Å². The quantitative estimate of drug-likeness (QED) is 0.381. The molecule has 8 nitrogen and oxygen atoms in total. The second kappa shape index (κ2) is 7.78. The van der Waals surface area contributed by atoms with Crippen molar-refractivity contribution in [2.75, 3.05) is 18.5 Å². The van der Waals surface area contributed by atoms with Gasteiger partial charge in [0.25, 0.3) is 0 Å². The van der Waals surface area contributed by atoms with Crippen LogP contribution < -0.4 is 21.3 Å². The Bertz CT molecular complexity index is 547. The van der Waals surface area contributed by atoms with Crippen molar-refractivity contribution in [1.29, 1.82) is 0 Å². The Morgan fingerprint density at radius 2 is 2.15 bits per heavy atom. The number of carbonyl (C=O) groups is 1. The van der Waals surface area contributed by atoms with Crippen LogP contribution in [0.25, 0.3) is 0 Å². The van der Waals surface area contributed by atoms with E-state index in [2.05, 4.69) is 20.4 Å². The van der Waals surface area contributed by atoms with Crippen molar-refractivity contribution in [3.05, 3.63) is 18.5 Å². The number of amides is 1. The van der Waals surface area contributed by atoms with Gasteiger partial charge in [-0.3, -0.25) is 15.6 Å². The number of hydrogen-bond donors (Lipinski definition) is 4. The average molecular weight is 301 g/mol. The molecule has 0 atom stereocenters. The van der Waals surface area contributed by atoms with Crippen LogP contribution in [-0.4, -0.2) is 32.4 Å². The molecule has 0 aliphatic rings. The summed E-state index contributed by atoms with van der Waals surface area (Å²) in [5.41, 5.74) is 2.53. The van der Waals surface area contributed by atoms with Crippen LogP contribution in [0.4, 0.5) is 5.69 Å². The number of nitrogen functional groups attached to an aromatic ring is 1. The number of nitrogens with one attached hydrogen (secondary N) is 3. The molecule has 0 unspecified atom stereocenters. The van der Waals surface area contributed by atoms with Crippen molar-refractivity contribution >= 4 is 21.6 Å².